The lowest BCUT2D eigenvalue weighted by atomic mass is 9.94. The number of carbonyl (C=O) groups is 3. The molecule has 0 aromatic heterocycles. The Bertz CT molecular complexity index is 1470. The van der Waals surface area contributed by atoms with Crippen molar-refractivity contribution in [3.8, 4) is 22.3 Å². The lowest BCUT2D eigenvalue weighted by molar-refractivity contribution is -0.191. The van der Waals surface area contributed by atoms with E-state index in [2.05, 4.69) is 5.32 Å². The molecule has 0 unspecified atom stereocenters. The lowest BCUT2D eigenvalue weighted by Crippen LogP contribution is -2.25. The first-order valence-corrected chi connectivity index (χ1v) is 11.6. The number of hydrogen-bond donors (Lipinski definition) is 1. The van der Waals surface area contributed by atoms with E-state index in [4.69, 9.17) is 14.3 Å². The highest BCUT2D eigenvalue weighted by atomic mass is 16.5. The Hall–Kier alpha value is -5.13. The minimum absolute atomic E-state index is 0.107. The van der Waals surface area contributed by atoms with Crippen LogP contribution in [0.5, 0.6) is 0 Å². The number of methoxy groups -OCH3 is 1. The van der Waals surface area contributed by atoms with Crippen LogP contribution in [0.15, 0.2) is 97.1 Å². The zero-order valence-corrected chi connectivity index (χ0v) is 20.9. The fraction of sp³-hybridized carbons (Fsp3) is 0.0968. The molecule has 0 spiro atoms. The van der Waals surface area contributed by atoms with Gasteiger partial charge in [0.05, 0.1) is 12.7 Å². The summed E-state index contributed by atoms with van der Waals surface area (Å²) in [7, 11) is 1.32. The molecule has 4 aromatic rings. The number of ketones is 1. The third-order valence-corrected chi connectivity index (χ3v) is 5.73. The van der Waals surface area contributed by atoms with Gasteiger partial charge in [0.15, 0.2) is 0 Å². The van der Waals surface area contributed by atoms with Crippen LogP contribution in [0.4, 0.5) is 5.69 Å². The average molecular weight is 508 g/mol. The van der Waals surface area contributed by atoms with E-state index in [1.54, 1.807) is 18.2 Å². The van der Waals surface area contributed by atoms with Crippen molar-refractivity contribution in [2.24, 2.45) is 0 Å². The van der Waals surface area contributed by atoms with Crippen molar-refractivity contribution in [1.82, 2.24) is 0 Å². The molecule has 0 atom stereocenters. The maximum absolute atomic E-state index is 13.0. The van der Waals surface area contributed by atoms with Crippen LogP contribution < -0.4 is 5.32 Å². The zero-order chi connectivity index (χ0) is 27.5. The van der Waals surface area contributed by atoms with E-state index in [9.17, 15) is 14.4 Å². The number of ether oxygens (including phenoxy) is 1. The van der Waals surface area contributed by atoms with Crippen LogP contribution in [0.2, 0.25) is 0 Å². The Kier molecular flexibility index (Phi) is 9.58. The summed E-state index contributed by atoms with van der Waals surface area (Å²) >= 11 is 0. The number of carbonyl (C=O) groups excluding carboxylic acids is 5. The molecule has 0 aliphatic heterocycles. The van der Waals surface area contributed by atoms with Crippen molar-refractivity contribution in [2.45, 2.75) is 13.3 Å². The molecular formula is C31H25NO6. The first-order chi connectivity index (χ1) is 18.4. The second-order valence-electron chi connectivity index (χ2n) is 8.28. The van der Waals surface area contributed by atoms with E-state index >= 15 is 0 Å². The molecule has 0 aliphatic carbocycles. The number of esters is 1. The molecule has 0 radical (unpaired) electrons. The van der Waals surface area contributed by atoms with Crippen LogP contribution in [0.3, 0.4) is 0 Å². The summed E-state index contributed by atoms with van der Waals surface area (Å²) in [4.78, 5) is 54.2. The summed E-state index contributed by atoms with van der Waals surface area (Å²) < 4.78 is 4.84. The van der Waals surface area contributed by atoms with Gasteiger partial charge in [-0.3, -0.25) is 9.59 Å². The highest BCUT2D eigenvalue weighted by molar-refractivity contribution is 6.41. The minimum Gasteiger partial charge on any atom is -0.465 e. The van der Waals surface area contributed by atoms with Crippen molar-refractivity contribution < 1.29 is 28.7 Å². The van der Waals surface area contributed by atoms with Gasteiger partial charge >= 0.3 is 12.1 Å². The molecule has 0 heterocycles. The van der Waals surface area contributed by atoms with E-state index in [1.807, 2.05) is 85.8 Å². The Balaban J connectivity index is 0.00000127. The minimum atomic E-state index is -0.693. The number of anilines is 1. The van der Waals surface area contributed by atoms with E-state index < -0.39 is 17.7 Å². The van der Waals surface area contributed by atoms with Gasteiger partial charge in [0, 0.05) is 17.7 Å². The molecule has 38 heavy (non-hydrogen) atoms. The van der Waals surface area contributed by atoms with Gasteiger partial charge in [-0.25, -0.2) is 4.79 Å². The largest absolute Gasteiger partial charge is 0.465 e. The molecule has 190 valence electrons. The van der Waals surface area contributed by atoms with Crippen molar-refractivity contribution in [3.05, 3.63) is 114 Å². The Labute approximate surface area is 220 Å². The molecule has 4 rings (SSSR count). The normalized spacial score (nSPS) is 9.84. The number of Topliss-reactive ketones (excluding diaryl/α,β-unsaturated/α-hetero) is 1. The molecular weight excluding hydrogens is 482 g/mol. The number of benzene rings is 4. The summed E-state index contributed by atoms with van der Waals surface area (Å²) in [5.41, 5.74) is 5.98. The number of aryl methyl sites for hydroxylation is 1. The Morgan fingerprint density at radius 2 is 1.34 bits per heavy atom. The maximum Gasteiger partial charge on any atom is 0.373 e. The third-order valence-electron chi connectivity index (χ3n) is 5.73. The Morgan fingerprint density at radius 3 is 1.92 bits per heavy atom. The number of rotatable bonds is 7. The summed E-state index contributed by atoms with van der Waals surface area (Å²) in [6.07, 6.45) is 0.143. The molecule has 0 bridgehead atoms. The SMILES string of the molecule is COC(=O)c1ccc(CC(=O)C(=O)Nc2ccc(C)cc2-c2ccccc2)c(-c2ccccc2)c1.O=C=O. The second-order valence-corrected chi connectivity index (χ2v) is 8.28. The number of nitrogens with one attached hydrogen (secondary N) is 1. The van der Waals surface area contributed by atoms with Crippen LogP contribution in [0, 0.1) is 6.92 Å². The molecule has 1 amide bonds. The van der Waals surface area contributed by atoms with Crippen molar-refractivity contribution >= 4 is 29.5 Å². The standard InChI is InChI=1S/C30H25NO4.CO2/c1-20-13-16-27(26(17-20)22-11-7-4-8-12-22)31-29(33)28(32)19-23-14-15-24(30(34)35-2)18-25(23)21-9-5-3-6-10-21;2-1-3/h3-18H,19H2,1-2H3,(H,31,33);. The molecule has 7 nitrogen and oxygen atoms in total. The first-order valence-electron chi connectivity index (χ1n) is 11.6. The van der Waals surface area contributed by atoms with Gasteiger partial charge in [-0.15, -0.1) is 0 Å². The van der Waals surface area contributed by atoms with Crippen molar-refractivity contribution in [1.29, 1.82) is 0 Å². The smallest absolute Gasteiger partial charge is 0.373 e. The fourth-order valence-electron chi connectivity index (χ4n) is 3.93. The lowest BCUT2D eigenvalue weighted by Gasteiger charge is -2.14. The van der Waals surface area contributed by atoms with Crippen molar-refractivity contribution in [3.63, 3.8) is 0 Å². The van der Waals surface area contributed by atoms with Gasteiger partial charge in [-0.05, 0) is 53.4 Å². The van der Waals surface area contributed by atoms with Crippen LogP contribution in [0.1, 0.15) is 21.5 Å². The van der Waals surface area contributed by atoms with E-state index in [-0.39, 0.29) is 12.6 Å². The summed E-state index contributed by atoms with van der Waals surface area (Å²) in [6.45, 7) is 1.98. The first kappa shape index (κ1) is 27.5. The van der Waals surface area contributed by atoms with Gasteiger partial charge in [-0.1, -0.05) is 78.4 Å². The quantitative estimate of drug-likeness (QED) is 0.269. The van der Waals surface area contributed by atoms with E-state index in [0.717, 1.165) is 22.3 Å². The van der Waals surface area contributed by atoms with Crippen LogP contribution >= 0.6 is 0 Å². The van der Waals surface area contributed by atoms with Gasteiger partial charge in [0.1, 0.15) is 0 Å². The zero-order valence-electron chi connectivity index (χ0n) is 20.9. The van der Waals surface area contributed by atoms with E-state index in [1.165, 1.54) is 7.11 Å². The summed E-state index contributed by atoms with van der Waals surface area (Å²) in [6, 6.07) is 29.8. The predicted octanol–water partition coefficient (Wildman–Crippen LogP) is 5.28. The molecule has 0 saturated carbocycles. The van der Waals surface area contributed by atoms with Crippen LogP contribution in [-0.4, -0.2) is 30.9 Å². The predicted molar refractivity (Wildman–Crippen MR) is 142 cm³/mol. The molecule has 0 saturated heterocycles. The van der Waals surface area contributed by atoms with Gasteiger partial charge in [0.2, 0.25) is 5.78 Å². The molecule has 7 heteroatoms. The van der Waals surface area contributed by atoms with Crippen LogP contribution in [-0.2, 0) is 30.3 Å². The van der Waals surface area contributed by atoms with Gasteiger partial charge < -0.3 is 10.1 Å². The monoisotopic (exact) mass is 507 g/mol. The molecule has 1 N–H and O–H groups in total. The van der Waals surface area contributed by atoms with Gasteiger partial charge in [-0.2, -0.15) is 9.59 Å². The van der Waals surface area contributed by atoms with Gasteiger partial charge in [0.25, 0.3) is 5.91 Å². The van der Waals surface area contributed by atoms with Crippen molar-refractivity contribution in [2.75, 3.05) is 12.4 Å². The average Bonchev–Trinajstić information content (AvgIpc) is 2.95. The van der Waals surface area contributed by atoms with E-state index in [0.29, 0.717) is 22.4 Å². The molecule has 0 aliphatic rings. The third kappa shape index (κ3) is 6.97. The van der Waals surface area contributed by atoms with Crippen LogP contribution in [0.25, 0.3) is 22.3 Å². The number of amides is 1. The summed E-state index contributed by atoms with van der Waals surface area (Å²) in [5.74, 6) is -1.74. The highest BCUT2D eigenvalue weighted by Gasteiger charge is 2.20. The fourth-order valence-corrected chi connectivity index (χ4v) is 3.93. The Morgan fingerprint density at radius 1 is 0.763 bits per heavy atom. The second kappa shape index (κ2) is 13.3. The summed E-state index contributed by atoms with van der Waals surface area (Å²) in [5, 5.41) is 2.79. The number of hydrogen-bond acceptors (Lipinski definition) is 6. The highest BCUT2D eigenvalue weighted by Crippen LogP contribution is 2.30. The topological polar surface area (TPSA) is 107 Å². The molecule has 4 aromatic carbocycles. The maximum atomic E-state index is 13.0. The molecule has 0 fully saturated rings.